The van der Waals surface area contributed by atoms with E-state index >= 15 is 0 Å². The van der Waals surface area contributed by atoms with Gasteiger partial charge in [-0.2, -0.15) is 0 Å². The summed E-state index contributed by atoms with van der Waals surface area (Å²) in [5.41, 5.74) is 3.71. The SMILES string of the molecule is COc1cc2sc(C)nc2cc1CN[C@H]1C2CCN(CC2)[C@H]1c1ccccc1. The number of hydrogen-bond acceptors (Lipinski definition) is 5. The zero-order valence-electron chi connectivity index (χ0n) is 16.5. The second-order valence-electron chi connectivity index (χ2n) is 8.00. The lowest BCUT2D eigenvalue weighted by atomic mass is 9.76. The number of methoxy groups -OCH3 is 1. The molecule has 146 valence electrons. The summed E-state index contributed by atoms with van der Waals surface area (Å²) < 4.78 is 6.90. The molecule has 2 aromatic carbocycles. The lowest BCUT2D eigenvalue weighted by Gasteiger charge is -2.51. The minimum Gasteiger partial charge on any atom is -0.496 e. The molecule has 3 aromatic rings. The van der Waals surface area contributed by atoms with Crippen molar-refractivity contribution in [3.63, 3.8) is 0 Å². The molecule has 0 unspecified atom stereocenters. The Bertz CT molecular complexity index is 963. The van der Waals surface area contributed by atoms with Gasteiger partial charge in [-0.25, -0.2) is 4.98 Å². The van der Waals surface area contributed by atoms with Gasteiger partial charge in [0.1, 0.15) is 5.75 Å². The van der Waals surface area contributed by atoms with E-state index in [0.717, 1.165) is 28.7 Å². The minimum absolute atomic E-state index is 0.463. The maximum Gasteiger partial charge on any atom is 0.124 e. The zero-order valence-corrected chi connectivity index (χ0v) is 17.3. The number of ether oxygens (including phenoxy) is 1. The van der Waals surface area contributed by atoms with Gasteiger partial charge in [-0.05, 0) is 56.5 Å². The predicted octanol–water partition coefficient (Wildman–Crippen LogP) is 4.54. The Kier molecular flexibility index (Phi) is 4.83. The van der Waals surface area contributed by atoms with Crippen molar-refractivity contribution in [2.24, 2.45) is 5.92 Å². The summed E-state index contributed by atoms with van der Waals surface area (Å²) in [4.78, 5) is 7.34. The lowest BCUT2D eigenvalue weighted by molar-refractivity contribution is 0.0112. The quantitative estimate of drug-likeness (QED) is 0.691. The number of fused-ring (bicyclic) bond motifs is 4. The zero-order chi connectivity index (χ0) is 19.1. The largest absolute Gasteiger partial charge is 0.496 e. The molecule has 1 aromatic heterocycles. The number of benzene rings is 2. The van der Waals surface area contributed by atoms with Gasteiger partial charge >= 0.3 is 0 Å². The van der Waals surface area contributed by atoms with Gasteiger partial charge in [0.2, 0.25) is 0 Å². The Hall–Kier alpha value is -1.95. The van der Waals surface area contributed by atoms with Crippen LogP contribution in [0.5, 0.6) is 5.75 Å². The van der Waals surface area contributed by atoms with Gasteiger partial charge in [0.15, 0.2) is 0 Å². The van der Waals surface area contributed by atoms with Gasteiger partial charge in [-0.1, -0.05) is 30.3 Å². The van der Waals surface area contributed by atoms with Gasteiger partial charge in [0, 0.05) is 18.2 Å². The van der Waals surface area contributed by atoms with E-state index in [2.05, 4.69) is 64.6 Å². The highest BCUT2D eigenvalue weighted by molar-refractivity contribution is 7.18. The summed E-state index contributed by atoms with van der Waals surface area (Å²) in [7, 11) is 1.76. The number of rotatable bonds is 5. The fraction of sp³-hybridized carbons (Fsp3) is 0.435. The van der Waals surface area contributed by atoms with E-state index in [1.807, 2.05) is 0 Å². The summed E-state index contributed by atoms with van der Waals surface area (Å²) in [6.07, 6.45) is 2.59. The van der Waals surface area contributed by atoms with Crippen molar-refractivity contribution < 1.29 is 4.74 Å². The Labute approximate surface area is 170 Å². The summed E-state index contributed by atoms with van der Waals surface area (Å²) >= 11 is 1.73. The normalized spacial score (nSPS) is 26.6. The highest BCUT2D eigenvalue weighted by Crippen LogP contribution is 2.41. The van der Waals surface area contributed by atoms with Crippen LogP contribution in [0.2, 0.25) is 0 Å². The van der Waals surface area contributed by atoms with Crippen LogP contribution in [0.3, 0.4) is 0 Å². The summed E-state index contributed by atoms with van der Waals surface area (Å²) in [5, 5.41) is 5.02. The van der Waals surface area contributed by atoms with Crippen LogP contribution in [-0.2, 0) is 6.54 Å². The van der Waals surface area contributed by atoms with Crippen LogP contribution >= 0.6 is 11.3 Å². The molecule has 28 heavy (non-hydrogen) atoms. The summed E-state index contributed by atoms with van der Waals surface area (Å²) in [6.45, 7) is 5.31. The molecule has 5 heteroatoms. The van der Waals surface area contributed by atoms with E-state index in [4.69, 9.17) is 4.74 Å². The van der Waals surface area contributed by atoms with Crippen molar-refractivity contribution in [1.82, 2.24) is 15.2 Å². The van der Waals surface area contributed by atoms with Crippen molar-refractivity contribution in [2.75, 3.05) is 20.2 Å². The molecular formula is C23H27N3OS. The molecule has 1 N–H and O–H groups in total. The van der Waals surface area contributed by atoms with Crippen molar-refractivity contribution in [2.45, 2.75) is 38.4 Å². The number of nitrogens with one attached hydrogen (secondary N) is 1. The Morgan fingerprint density at radius 1 is 1.18 bits per heavy atom. The highest BCUT2D eigenvalue weighted by atomic mass is 32.1. The van der Waals surface area contributed by atoms with E-state index in [1.54, 1.807) is 18.4 Å². The second-order valence-corrected chi connectivity index (χ2v) is 9.24. The maximum absolute atomic E-state index is 5.70. The molecule has 4 nitrogen and oxygen atoms in total. The first kappa shape index (κ1) is 18.1. The number of piperidine rings is 3. The molecule has 0 saturated carbocycles. The van der Waals surface area contributed by atoms with Gasteiger partial charge < -0.3 is 10.1 Å². The highest BCUT2D eigenvalue weighted by Gasteiger charge is 2.42. The molecule has 0 radical (unpaired) electrons. The predicted molar refractivity (Wildman–Crippen MR) is 115 cm³/mol. The van der Waals surface area contributed by atoms with Crippen molar-refractivity contribution >= 4 is 21.6 Å². The van der Waals surface area contributed by atoms with E-state index < -0.39 is 0 Å². The lowest BCUT2D eigenvalue weighted by Crippen LogP contribution is -2.57. The number of nitrogens with zero attached hydrogens (tertiary/aromatic N) is 2. The molecule has 0 amide bonds. The molecule has 2 atom stereocenters. The smallest absolute Gasteiger partial charge is 0.124 e. The minimum atomic E-state index is 0.463. The van der Waals surface area contributed by atoms with Crippen LogP contribution in [0.15, 0.2) is 42.5 Å². The van der Waals surface area contributed by atoms with E-state index in [1.165, 1.54) is 41.8 Å². The molecule has 6 rings (SSSR count). The molecule has 0 spiro atoms. The summed E-state index contributed by atoms with van der Waals surface area (Å²) in [6, 6.07) is 16.3. The topological polar surface area (TPSA) is 37.4 Å². The first-order valence-corrected chi connectivity index (χ1v) is 11.0. The third kappa shape index (κ3) is 3.21. The number of aryl methyl sites for hydroxylation is 1. The van der Waals surface area contributed by atoms with Crippen molar-refractivity contribution in [3.8, 4) is 5.75 Å². The van der Waals surface area contributed by atoms with Crippen molar-refractivity contribution in [3.05, 3.63) is 58.6 Å². The molecule has 2 bridgehead atoms. The van der Waals surface area contributed by atoms with Gasteiger partial charge in [-0.3, -0.25) is 4.90 Å². The Morgan fingerprint density at radius 3 is 2.71 bits per heavy atom. The number of thiazole rings is 1. The number of hydrogen-bond donors (Lipinski definition) is 1. The summed E-state index contributed by atoms with van der Waals surface area (Å²) in [5.74, 6) is 1.70. The maximum atomic E-state index is 5.70. The van der Waals surface area contributed by atoms with E-state index in [0.29, 0.717) is 12.1 Å². The van der Waals surface area contributed by atoms with Crippen LogP contribution < -0.4 is 10.1 Å². The van der Waals surface area contributed by atoms with Crippen molar-refractivity contribution in [1.29, 1.82) is 0 Å². The first-order valence-electron chi connectivity index (χ1n) is 10.2. The van der Waals surface area contributed by atoms with Crippen LogP contribution in [0.4, 0.5) is 0 Å². The van der Waals surface area contributed by atoms with Crippen LogP contribution in [0.1, 0.15) is 35.0 Å². The van der Waals surface area contributed by atoms with E-state index in [-0.39, 0.29) is 0 Å². The second kappa shape index (κ2) is 7.47. The van der Waals surface area contributed by atoms with Crippen LogP contribution in [0.25, 0.3) is 10.2 Å². The molecule has 0 aliphatic carbocycles. The van der Waals surface area contributed by atoms with Gasteiger partial charge in [-0.15, -0.1) is 11.3 Å². The standard InChI is InChI=1S/C23H27N3OS/c1-15-25-19-12-18(20(27-2)13-21(19)28-15)14-24-22-16-8-10-26(11-9-16)23(22)17-6-4-3-5-7-17/h3-7,12-13,16,22-24H,8-11,14H2,1-2H3/t22-,23-/m0/s1. The van der Waals surface area contributed by atoms with Crippen LogP contribution in [-0.4, -0.2) is 36.1 Å². The molecule has 4 heterocycles. The molecule has 3 saturated heterocycles. The molecule has 3 aliphatic rings. The van der Waals surface area contributed by atoms with E-state index in [9.17, 15) is 0 Å². The molecular weight excluding hydrogens is 366 g/mol. The Morgan fingerprint density at radius 2 is 1.96 bits per heavy atom. The van der Waals surface area contributed by atoms with Gasteiger partial charge in [0.05, 0.1) is 28.4 Å². The molecule has 3 aliphatic heterocycles. The average Bonchev–Trinajstić information content (AvgIpc) is 3.11. The monoisotopic (exact) mass is 393 g/mol. The fourth-order valence-electron chi connectivity index (χ4n) is 5.06. The third-order valence-electron chi connectivity index (χ3n) is 6.38. The average molecular weight is 394 g/mol. The van der Waals surface area contributed by atoms with Gasteiger partial charge in [0.25, 0.3) is 0 Å². The van der Waals surface area contributed by atoms with Crippen LogP contribution in [0, 0.1) is 12.8 Å². The third-order valence-corrected chi connectivity index (χ3v) is 7.32. The first-order chi connectivity index (χ1) is 13.7. The number of aromatic nitrogens is 1. The Balaban J connectivity index is 1.42. The fourth-order valence-corrected chi connectivity index (χ4v) is 5.90. The molecule has 3 fully saturated rings.